The molecule has 0 aliphatic heterocycles. The fraction of sp³-hybridized carbons (Fsp3) is 0.250. The summed E-state index contributed by atoms with van der Waals surface area (Å²) in [6.07, 6.45) is 4.68. The number of aromatic nitrogens is 2. The summed E-state index contributed by atoms with van der Waals surface area (Å²) in [5.41, 5.74) is 3.37. The van der Waals surface area contributed by atoms with Gasteiger partial charge in [-0.3, -0.25) is 9.97 Å². The van der Waals surface area contributed by atoms with Crippen molar-refractivity contribution in [1.29, 1.82) is 0 Å². The highest BCUT2D eigenvalue weighted by molar-refractivity contribution is 9.10. The minimum atomic E-state index is 0.239. The lowest BCUT2D eigenvalue weighted by atomic mass is 10.0. The summed E-state index contributed by atoms with van der Waals surface area (Å²) >= 11 is 5.16. The molecule has 3 aromatic heterocycles. The molecule has 0 aliphatic carbocycles. The topological polar surface area (TPSA) is 37.8 Å². The number of thiophene rings is 1. The van der Waals surface area contributed by atoms with Crippen LogP contribution >= 0.6 is 27.3 Å². The van der Waals surface area contributed by atoms with Crippen LogP contribution in [0.15, 0.2) is 46.5 Å². The molecule has 108 valence electrons. The van der Waals surface area contributed by atoms with Crippen molar-refractivity contribution in [2.24, 2.45) is 0 Å². The summed E-state index contributed by atoms with van der Waals surface area (Å²) in [5.74, 6) is 0. The van der Waals surface area contributed by atoms with E-state index in [1.807, 2.05) is 18.5 Å². The Bertz CT molecular complexity index is 724. The zero-order valence-corrected chi connectivity index (χ0v) is 14.1. The number of hydrogen-bond donors (Lipinski definition) is 1. The van der Waals surface area contributed by atoms with Crippen LogP contribution < -0.4 is 5.32 Å². The minimum absolute atomic E-state index is 0.239. The summed E-state index contributed by atoms with van der Waals surface area (Å²) in [6, 6.07) is 8.63. The highest BCUT2D eigenvalue weighted by Crippen LogP contribution is 2.24. The predicted octanol–water partition coefficient (Wildman–Crippen LogP) is 4.35. The quantitative estimate of drug-likeness (QED) is 0.733. The molecule has 21 heavy (non-hydrogen) atoms. The maximum Gasteiger partial charge on any atom is 0.0809 e. The van der Waals surface area contributed by atoms with Crippen molar-refractivity contribution in [3.63, 3.8) is 0 Å². The average molecular weight is 362 g/mol. The van der Waals surface area contributed by atoms with Crippen LogP contribution in [0.1, 0.15) is 24.2 Å². The van der Waals surface area contributed by atoms with Crippen LogP contribution in [0.5, 0.6) is 0 Å². The summed E-state index contributed by atoms with van der Waals surface area (Å²) in [4.78, 5) is 9.02. The van der Waals surface area contributed by atoms with E-state index in [0.29, 0.717) is 0 Å². The first kappa shape index (κ1) is 14.6. The van der Waals surface area contributed by atoms with Gasteiger partial charge in [0.2, 0.25) is 0 Å². The molecule has 3 nitrogen and oxygen atoms in total. The van der Waals surface area contributed by atoms with E-state index in [1.165, 1.54) is 10.3 Å². The number of rotatable bonds is 5. The Morgan fingerprint density at radius 3 is 2.90 bits per heavy atom. The number of pyridine rings is 2. The van der Waals surface area contributed by atoms with Crippen LogP contribution in [0.4, 0.5) is 0 Å². The van der Waals surface area contributed by atoms with Gasteiger partial charge in [-0.25, -0.2) is 0 Å². The first-order valence-corrected chi connectivity index (χ1v) is 8.60. The van der Waals surface area contributed by atoms with Crippen molar-refractivity contribution in [3.05, 3.63) is 57.8 Å². The lowest BCUT2D eigenvalue weighted by molar-refractivity contribution is 0.543. The van der Waals surface area contributed by atoms with Crippen LogP contribution in [0, 0.1) is 0 Å². The summed E-state index contributed by atoms with van der Waals surface area (Å²) in [6.45, 7) is 3.04. The van der Waals surface area contributed by atoms with Crippen LogP contribution in [0.2, 0.25) is 0 Å². The van der Waals surface area contributed by atoms with Crippen molar-refractivity contribution in [2.75, 3.05) is 6.54 Å². The van der Waals surface area contributed by atoms with Gasteiger partial charge in [0.1, 0.15) is 0 Å². The van der Waals surface area contributed by atoms with E-state index >= 15 is 0 Å². The van der Waals surface area contributed by atoms with Crippen molar-refractivity contribution in [2.45, 2.75) is 19.4 Å². The Kier molecular flexibility index (Phi) is 4.63. The molecule has 0 saturated carbocycles. The Morgan fingerprint density at radius 1 is 1.24 bits per heavy atom. The molecular formula is C16H16BrN3S. The number of nitrogens with one attached hydrogen (secondary N) is 1. The monoisotopic (exact) mass is 361 g/mol. The number of nitrogens with zero attached hydrogens (tertiary/aromatic N) is 2. The molecule has 0 radical (unpaired) electrons. The van der Waals surface area contributed by atoms with Crippen LogP contribution in [-0.2, 0) is 6.42 Å². The van der Waals surface area contributed by atoms with Crippen molar-refractivity contribution < 1.29 is 0 Å². The Balaban J connectivity index is 1.87. The first-order chi connectivity index (χ1) is 10.3. The molecule has 3 aromatic rings. The summed E-state index contributed by atoms with van der Waals surface area (Å²) in [5, 5.41) is 5.62. The summed E-state index contributed by atoms with van der Waals surface area (Å²) in [7, 11) is 0. The molecule has 1 N–H and O–H groups in total. The zero-order chi connectivity index (χ0) is 14.7. The smallest absolute Gasteiger partial charge is 0.0809 e. The van der Waals surface area contributed by atoms with Gasteiger partial charge in [0.25, 0.3) is 0 Å². The average Bonchev–Trinajstić information content (AvgIpc) is 2.96. The van der Waals surface area contributed by atoms with E-state index in [0.717, 1.165) is 28.6 Å². The predicted molar refractivity (Wildman–Crippen MR) is 91.7 cm³/mol. The molecule has 3 heterocycles. The van der Waals surface area contributed by atoms with Crippen LogP contribution in [0.3, 0.4) is 0 Å². The number of hydrogen-bond acceptors (Lipinski definition) is 4. The summed E-state index contributed by atoms with van der Waals surface area (Å²) < 4.78 is 2.24. The van der Waals surface area contributed by atoms with Crippen LogP contribution in [0.25, 0.3) is 10.2 Å². The maximum absolute atomic E-state index is 4.54. The van der Waals surface area contributed by atoms with E-state index < -0.39 is 0 Å². The van der Waals surface area contributed by atoms with Gasteiger partial charge in [0.05, 0.1) is 10.2 Å². The van der Waals surface area contributed by atoms with Gasteiger partial charge in [-0.2, -0.15) is 0 Å². The standard InChI is InChI=1S/C16H16BrN3S/c1-2-18-15(8-13-4-3-12(17)10-19-13)11-7-16-14(20-9-11)5-6-21-16/h3-7,9-10,15,18H,2,8H2,1H3. The van der Waals surface area contributed by atoms with E-state index in [9.17, 15) is 0 Å². The molecule has 0 aromatic carbocycles. The first-order valence-electron chi connectivity index (χ1n) is 6.93. The fourth-order valence-electron chi connectivity index (χ4n) is 2.34. The van der Waals surface area contributed by atoms with Gasteiger partial charge in [-0.05, 0) is 57.7 Å². The van der Waals surface area contributed by atoms with Crippen molar-refractivity contribution >= 4 is 37.5 Å². The van der Waals surface area contributed by atoms with Gasteiger partial charge in [0, 0.05) is 35.0 Å². The number of likely N-dealkylation sites (N-methyl/N-ethyl adjacent to an activating group) is 1. The third-order valence-electron chi connectivity index (χ3n) is 3.38. The Morgan fingerprint density at radius 2 is 2.14 bits per heavy atom. The lowest BCUT2D eigenvalue weighted by Gasteiger charge is -2.18. The van der Waals surface area contributed by atoms with E-state index in [4.69, 9.17) is 0 Å². The molecule has 1 atom stereocenters. The SMILES string of the molecule is CCNC(Cc1ccc(Br)cn1)c1cnc2ccsc2c1. The lowest BCUT2D eigenvalue weighted by Crippen LogP contribution is -2.23. The molecule has 0 spiro atoms. The van der Waals surface area contributed by atoms with Crippen molar-refractivity contribution in [3.8, 4) is 0 Å². The van der Waals surface area contributed by atoms with E-state index in [-0.39, 0.29) is 6.04 Å². The van der Waals surface area contributed by atoms with Gasteiger partial charge in [0.15, 0.2) is 0 Å². The van der Waals surface area contributed by atoms with Crippen molar-refractivity contribution in [1.82, 2.24) is 15.3 Å². The fourth-order valence-corrected chi connectivity index (χ4v) is 3.37. The zero-order valence-electron chi connectivity index (χ0n) is 11.7. The molecule has 0 bridgehead atoms. The van der Waals surface area contributed by atoms with Gasteiger partial charge < -0.3 is 5.32 Å². The maximum atomic E-state index is 4.54. The molecule has 0 aliphatic rings. The highest BCUT2D eigenvalue weighted by atomic mass is 79.9. The Labute approximate surface area is 136 Å². The highest BCUT2D eigenvalue weighted by Gasteiger charge is 2.13. The third kappa shape index (κ3) is 3.48. The number of fused-ring (bicyclic) bond motifs is 1. The molecule has 5 heteroatoms. The van der Waals surface area contributed by atoms with E-state index in [1.54, 1.807) is 11.3 Å². The van der Waals surface area contributed by atoms with Gasteiger partial charge in [-0.1, -0.05) is 6.92 Å². The normalized spacial score (nSPS) is 12.7. The minimum Gasteiger partial charge on any atom is -0.310 e. The second kappa shape index (κ2) is 6.64. The third-order valence-corrected chi connectivity index (χ3v) is 4.70. The van der Waals surface area contributed by atoms with Gasteiger partial charge >= 0.3 is 0 Å². The van der Waals surface area contributed by atoms with Crippen LogP contribution in [-0.4, -0.2) is 16.5 Å². The second-order valence-corrected chi connectivity index (χ2v) is 6.72. The molecule has 0 fully saturated rings. The molecule has 1 unspecified atom stereocenters. The van der Waals surface area contributed by atoms with E-state index in [2.05, 4.69) is 61.7 Å². The second-order valence-electron chi connectivity index (χ2n) is 4.85. The molecule has 3 rings (SSSR count). The molecule has 0 amide bonds. The Hall–Kier alpha value is -1.30. The number of halogens is 1. The largest absolute Gasteiger partial charge is 0.310 e. The molecule has 0 saturated heterocycles. The molecular weight excluding hydrogens is 346 g/mol. The van der Waals surface area contributed by atoms with Gasteiger partial charge in [-0.15, -0.1) is 11.3 Å².